The zero-order chi connectivity index (χ0) is 18.8. The van der Waals surface area contributed by atoms with Crippen molar-refractivity contribution in [1.82, 2.24) is 10.6 Å². The second kappa shape index (κ2) is 10.1. The Morgan fingerprint density at radius 3 is 2.16 bits per heavy atom. The zero-order valence-corrected chi connectivity index (χ0v) is 14.5. The maximum Gasteiger partial charge on any atom is 0.240 e. The summed E-state index contributed by atoms with van der Waals surface area (Å²) >= 11 is 0. The molecule has 0 radical (unpaired) electrons. The Kier molecular flexibility index (Phi) is 8.13. The third kappa shape index (κ3) is 7.48. The van der Waals surface area contributed by atoms with Gasteiger partial charge in [0.05, 0.1) is 12.1 Å². The second-order valence-electron chi connectivity index (χ2n) is 5.99. The molecule has 0 aliphatic heterocycles. The number of amides is 3. The van der Waals surface area contributed by atoms with Crippen LogP contribution in [-0.4, -0.2) is 23.8 Å². The summed E-state index contributed by atoms with van der Waals surface area (Å²) in [6.45, 7) is 3.50. The van der Waals surface area contributed by atoms with E-state index in [1.54, 1.807) is 6.92 Å². The Morgan fingerprint density at radius 2 is 1.64 bits per heavy atom. The molecule has 7 nitrogen and oxygen atoms in total. The van der Waals surface area contributed by atoms with E-state index in [0.29, 0.717) is 0 Å². The van der Waals surface area contributed by atoms with E-state index in [1.807, 2.05) is 43.3 Å². The number of hydrogen-bond acceptors (Lipinski definition) is 4. The van der Waals surface area contributed by atoms with Crippen molar-refractivity contribution in [2.24, 2.45) is 11.7 Å². The summed E-state index contributed by atoms with van der Waals surface area (Å²) < 4.78 is 0. The Labute approximate surface area is 147 Å². The summed E-state index contributed by atoms with van der Waals surface area (Å²) in [5, 5.41) is 14.1. The van der Waals surface area contributed by atoms with Gasteiger partial charge >= 0.3 is 0 Å². The lowest BCUT2D eigenvalue weighted by Gasteiger charge is -2.17. The van der Waals surface area contributed by atoms with E-state index in [-0.39, 0.29) is 31.2 Å². The van der Waals surface area contributed by atoms with Gasteiger partial charge in [-0.25, -0.2) is 0 Å². The highest BCUT2D eigenvalue weighted by molar-refractivity contribution is 5.88. The topological polar surface area (TPSA) is 125 Å². The average Bonchev–Trinajstić information content (AvgIpc) is 2.59. The predicted octanol–water partition coefficient (Wildman–Crippen LogP) is 1.16. The number of benzene rings is 1. The van der Waals surface area contributed by atoms with Crippen molar-refractivity contribution in [3.63, 3.8) is 0 Å². The van der Waals surface area contributed by atoms with Gasteiger partial charge in [-0.15, -0.1) is 0 Å². The number of nitrogens with two attached hydrogens (primary N) is 1. The fourth-order valence-electron chi connectivity index (χ4n) is 2.28. The Hall–Kier alpha value is -2.88. The van der Waals surface area contributed by atoms with Crippen LogP contribution in [0.3, 0.4) is 0 Å². The van der Waals surface area contributed by atoms with Crippen molar-refractivity contribution in [2.45, 2.75) is 45.2 Å². The first-order valence-corrected chi connectivity index (χ1v) is 8.16. The highest BCUT2D eigenvalue weighted by Gasteiger charge is 2.21. The number of nitrogens with one attached hydrogen (secondary N) is 2. The van der Waals surface area contributed by atoms with Crippen molar-refractivity contribution >= 4 is 17.7 Å². The van der Waals surface area contributed by atoms with E-state index in [1.165, 1.54) is 0 Å². The lowest BCUT2D eigenvalue weighted by molar-refractivity contribution is -0.129. The van der Waals surface area contributed by atoms with Gasteiger partial charge in [0.25, 0.3) is 0 Å². The number of carbonyl (C=O) groups excluding carboxylic acids is 3. The average molecular weight is 344 g/mol. The summed E-state index contributed by atoms with van der Waals surface area (Å²) in [5.74, 6) is -1.81. The number of nitrogens with zero attached hydrogens (tertiary/aromatic N) is 1. The molecular weight excluding hydrogens is 320 g/mol. The first-order chi connectivity index (χ1) is 11.8. The van der Waals surface area contributed by atoms with Crippen LogP contribution in [0, 0.1) is 17.2 Å². The number of rotatable bonds is 9. The summed E-state index contributed by atoms with van der Waals surface area (Å²) in [6.07, 6.45) is 0.0924. The van der Waals surface area contributed by atoms with Crippen molar-refractivity contribution in [3.8, 4) is 6.07 Å². The van der Waals surface area contributed by atoms with Crippen molar-refractivity contribution < 1.29 is 14.4 Å². The van der Waals surface area contributed by atoms with Gasteiger partial charge in [-0.1, -0.05) is 30.3 Å². The van der Waals surface area contributed by atoms with Gasteiger partial charge in [-0.3, -0.25) is 14.4 Å². The van der Waals surface area contributed by atoms with Crippen LogP contribution in [-0.2, 0) is 14.4 Å². The SMILES string of the molecule is C[C@@H](C#N)C[C@@H](NC(=O)CCC(=O)N[C@H](C)c1ccccc1)C(N)=O. The summed E-state index contributed by atoms with van der Waals surface area (Å²) in [4.78, 5) is 35.2. The molecule has 0 aromatic heterocycles. The lowest BCUT2D eigenvalue weighted by atomic mass is 10.0. The van der Waals surface area contributed by atoms with Crippen LogP contribution in [0.25, 0.3) is 0 Å². The van der Waals surface area contributed by atoms with Crippen LogP contribution in [0.4, 0.5) is 0 Å². The van der Waals surface area contributed by atoms with E-state index < -0.39 is 23.8 Å². The molecule has 1 rings (SSSR count). The molecule has 4 N–H and O–H groups in total. The van der Waals surface area contributed by atoms with Crippen molar-refractivity contribution in [1.29, 1.82) is 5.26 Å². The largest absolute Gasteiger partial charge is 0.368 e. The third-order valence-corrected chi connectivity index (χ3v) is 3.74. The summed E-state index contributed by atoms with van der Waals surface area (Å²) in [6, 6.07) is 10.4. The Balaban J connectivity index is 2.43. The fraction of sp³-hybridized carbons (Fsp3) is 0.444. The predicted molar refractivity (Wildman–Crippen MR) is 92.8 cm³/mol. The molecule has 0 heterocycles. The standard InChI is InChI=1S/C18H24N4O3/c1-12(11-19)10-15(18(20)25)22-17(24)9-8-16(23)21-13(2)14-6-4-3-5-7-14/h3-7,12-13,15H,8-10H2,1-2H3,(H2,20,25)(H,21,23)(H,22,24)/t12-,13-,15-/m1/s1. The highest BCUT2D eigenvalue weighted by atomic mass is 16.2. The van der Waals surface area contributed by atoms with Gasteiger partial charge in [0.2, 0.25) is 17.7 Å². The molecule has 0 spiro atoms. The van der Waals surface area contributed by atoms with E-state index >= 15 is 0 Å². The van der Waals surface area contributed by atoms with Gasteiger partial charge in [0.1, 0.15) is 6.04 Å². The van der Waals surface area contributed by atoms with Crippen LogP contribution in [0.2, 0.25) is 0 Å². The number of carbonyl (C=O) groups is 3. The number of primary amides is 1. The minimum atomic E-state index is -0.909. The molecule has 0 unspecified atom stereocenters. The second-order valence-corrected chi connectivity index (χ2v) is 5.99. The molecule has 1 aromatic carbocycles. The van der Waals surface area contributed by atoms with E-state index in [0.717, 1.165) is 5.56 Å². The van der Waals surface area contributed by atoms with Crippen LogP contribution < -0.4 is 16.4 Å². The maximum absolute atomic E-state index is 11.9. The zero-order valence-electron chi connectivity index (χ0n) is 14.5. The Bertz CT molecular complexity index is 639. The molecule has 0 saturated carbocycles. The summed E-state index contributed by atoms with van der Waals surface area (Å²) in [7, 11) is 0. The molecule has 134 valence electrons. The number of hydrogen-bond donors (Lipinski definition) is 3. The minimum absolute atomic E-state index is 0.00227. The Morgan fingerprint density at radius 1 is 1.08 bits per heavy atom. The molecule has 0 saturated heterocycles. The molecule has 0 fully saturated rings. The van der Waals surface area contributed by atoms with Crippen molar-refractivity contribution in [3.05, 3.63) is 35.9 Å². The first kappa shape index (κ1) is 20.2. The van der Waals surface area contributed by atoms with Gasteiger partial charge < -0.3 is 16.4 Å². The molecule has 0 aliphatic rings. The van der Waals surface area contributed by atoms with Gasteiger partial charge in [-0.05, 0) is 25.8 Å². The van der Waals surface area contributed by atoms with Crippen LogP contribution in [0.1, 0.15) is 44.7 Å². The molecule has 3 atom stereocenters. The molecule has 3 amide bonds. The first-order valence-electron chi connectivity index (χ1n) is 8.16. The molecule has 7 heteroatoms. The van der Waals surface area contributed by atoms with Gasteiger partial charge in [0.15, 0.2) is 0 Å². The van der Waals surface area contributed by atoms with Gasteiger partial charge in [0, 0.05) is 18.8 Å². The molecule has 0 aliphatic carbocycles. The summed E-state index contributed by atoms with van der Waals surface area (Å²) in [5.41, 5.74) is 6.20. The van der Waals surface area contributed by atoms with E-state index in [2.05, 4.69) is 10.6 Å². The molecular formula is C18H24N4O3. The third-order valence-electron chi connectivity index (χ3n) is 3.74. The van der Waals surface area contributed by atoms with E-state index in [9.17, 15) is 14.4 Å². The quantitative estimate of drug-likeness (QED) is 0.621. The van der Waals surface area contributed by atoms with Crippen molar-refractivity contribution in [2.75, 3.05) is 0 Å². The smallest absolute Gasteiger partial charge is 0.240 e. The van der Waals surface area contributed by atoms with Crippen LogP contribution in [0.5, 0.6) is 0 Å². The number of nitriles is 1. The molecule has 1 aromatic rings. The molecule has 0 bridgehead atoms. The normalized spacial score (nSPS) is 13.8. The maximum atomic E-state index is 11.9. The molecule has 25 heavy (non-hydrogen) atoms. The van der Waals surface area contributed by atoms with Gasteiger partial charge in [-0.2, -0.15) is 5.26 Å². The van der Waals surface area contributed by atoms with E-state index in [4.69, 9.17) is 11.0 Å². The monoisotopic (exact) mass is 344 g/mol. The van der Waals surface area contributed by atoms with Crippen LogP contribution >= 0.6 is 0 Å². The fourth-order valence-corrected chi connectivity index (χ4v) is 2.28. The highest BCUT2D eigenvalue weighted by Crippen LogP contribution is 2.11. The minimum Gasteiger partial charge on any atom is -0.368 e. The van der Waals surface area contributed by atoms with Crippen LogP contribution in [0.15, 0.2) is 30.3 Å². The lowest BCUT2D eigenvalue weighted by Crippen LogP contribution is -2.45.